The van der Waals surface area contributed by atoms with E-state index in [4.69, 9.17) is 9.47 Å². The first-order valence-electron chi connectivity index (χ1n) is 10.2. The van der Waals surface area contributed by atoms with E-state index in [0.29, 0.717) is 51.7 Å². The number of nitrogens with one attached hydrogen (secondary N) is 1. The Morgan fingerprint density at radius 3 is 2.59 bits per heavy atom. The topological polar surface area (TPSA) is 97.9 Å². The number of anilines is 1. The third kappa shape index (κ3) is 4.83. The fraction of sp³-hybridized carbons (Fsp3) is 0.217. The monoisotopic (exact) mass is 496 g/mol. The molecule has 34 heavy (non-hydrogen) atoms. The van der Waals surface area contributed by atoms with Gasteiger partial charge in [-0.2, -0.15) is 5.26 Å². The van der Waals surface area contributed by atoms with Gasteiger partial charge in [0.15, 0.2) is 10.8 Å². The van der Waals surface area contributed by atoms with E-state index in [1.807, 2.05) is 41.1 Å². The number of nitrogens with zero attached hydrogens (tertiary/aromatic N) is 5. The van der Waals surface area contributed by atoms with Gasteiger partial charge >= 0.3 is 0 Å². The maximum Gasteiger partial charge on any atom is 0.239 e. The number of ether oxygens (including phenoxy) is 2. The number of nitriles is 1. The number of rotatable bonds is 9. The van der Waals surface area contributed by atoms with Crippen LogP contribution in [0.4, 0.5) is 10.3 Å². The Morgan fingerprint density at radius 2 is 1.94 bits per heavy atom. The van der Waals surface area contributed by atoms with Crippen LogP contribution in [-0.4, -0.2) is 39.7 Å². The summed E-state index contributed by atoms with van der Waals surface area (Å²) >= 11 is 2.87. The number of hydrogen-bond donors (Lipinski definition) is 1. The van der Waals surface area contributed by atoms with Crippen molar-refractivity contribution in [2.24, 2.45) is 0 Å². The standard InChI is InChI=1S/C23H21FN6O2S2/c1-14-13-33-22(26-14)21-27-28-23(30(21)20-18(31-2)5-4-6-19(20)32-3)29-34-10-9-15-7-8-17(24)11-16(15)12-25/h4-8,11,13H,9-10H2,1-3H3,(H,28,29). The van der Waals surface area contributed by atoms with E-state index in [0.717, 1.165) is 11.3 Å². The Morgan fingerprint density at radius 1 is 1.18 bits per heavy atom. The van der Waals surface area contributed by atoms with Crippen LogP contribution in [0.3, 0.4) is 0 Å². The van der Waals surface area contributed by atoms with Gasteiger partial charge in [-0.05, 0) is 55.1 Å². The van der Waals surface area contributed by atoms with E-state index in [1.54, 1.807) is 20.3 Å². The van der Waals surface area contributed by atoms with Crippen molar-refractivity contribution in [3.63, 3.8) is 0 Å². The molecule has 2 aromatic heterocycles. The van der Waals surface area contributed by atoms with Crippen molar-refractivity contribution >= 4 is 29.2 Å². The molecular formula is C23H21FN6O2S2. The second-order valence-corrected chi connectivity index (χ2v) is 8.86. The minimum atomic E-state index is -0.421. The van der Waals surface area contributed by atoms with E-state index < -0.39 is 5.82 Å². The number of halogens is 1. The molecule has 0 saturated carbocycles. The summed E-state index contributed by atoms with van der Waals surface area (Å²) < 4.78 is 29.7. The lowest BCUT2D eigenvalue weighted by atomic mass is 10.1. The molecule has 2 aromatic carbocycles. The molecule has 0 atom stereocenters. The van der Waals surface area contributed by atoms with Crippen LogP contribution in [0.5, 0.6) is 11.5 Å². The lowest BCUT2D eigenvalue weighted by Gasteiger charge is -2.17. The zero-order chi connectivity index (χ0) is 24.1. The van der Waals surface area contributed by atoms with Gasteiger partial charge in [-0.1, -0.05) is 12.1 Å². The quantitative estimate of drug-likeness (QED) is 0.255. The summed E-state index contributed by atoms with van der Waals surface area (Å²) in [7, 11) is 3.18. The van der Waals surface area contributed by atoms with Crippen LogP contribution < -0.4 is 14.2 Å². The van der Waals surface area contributed by atoms with E-state index in [2.05, 4.69) is 19.9 Å². The van der Waals surface area contributed by atoms with Crippen molar-refractivity contribution in [3.05, 3.63) is 64.4 Å². The normalized spacial score (nSPS) is 10.7. The molecule has 0 spiro atoms. The Balaban J connectivity index is 1.64. The fourth-order valence-corrected chi connectivity index (χ4v) is 4.81. The molecule has 0 aliphatic heterocycles. The van der Waals surface area contributed by atoms with Gasteiger partial charge in [0.2, 0.25) is 5.95 Å². The molecule has 0 unspecified atom stereocenters. The minimum absolute atomic E-state index is 0.337. The van der Waals surface area contributed by atoms with Gasteiger partial charge in [0, 0.05) is 16.8 Å². The third-order valence-corrected chi connectivity index (χ3v) is 6.62. The van der Waals surface area contributed by atoms with E-state index in [1.165, 1.54) is 35.4 Å². The first kappa shape index (κ1) is 23.5. The number of hydrogen-bond acceptors (Lipinski definition) is 9. The van der Waals surface area contributed by atoms with Crippen LogP contribution in [0.1, 0.15) is 16.8 Å². The molecule has 11 heteroatoms. The number of aryl methyl sites for hydroxylation is 2. The van der Waals surface area contributed by atoms with Crippen molar-refractivity contribution in [2.75, 3.05) is 24.7 Å². The fourth-order valence-electron chi connectivity index (χ4n) is 3.36. The molecule has 2 heterocycles. The maximum atomic E-state index is 13.4. The average molecular weight is 497 g/mol. The van der Waals surface area contributed by atoms with Crippen LogP contribution in [0.2, 0.25) is 0 Å². The van der Waals surface area contributed by atoms with Crippen molar-refractivity contribution in [3.8, 4) is 34.1 Å². The molecule has 0 fully saturated rings. The van der Waals surface area contributed by atoms with Gasteiger partial charge in [-0.3, -0.25) is 9.29 Å². The predicted octanol–water partition coefficient (Wildman–Crippen LogP) is 5.03. The van der Waals surface area contributed by atoms with E-state index >= 15 is 0 Å². The first-order chi connectivity index (χ1) is 16.5. The second-order valence-electron chi connectivity index (χ2n) is 7.10. The average Bonchev–Trinajstić information content (AvgIpc) is 3.47. The lowest BCUT2D eigenvalue weighted by molar-refractivity contribution is 0.391. The highest BCUT2D eigenvalue weighted by atomic mass is 32.2. The van der Waals surface area contributed by atoms with Gasteiger partial charge in [-0.25, -0.2) is 9.37 Å². The molecule has 0 bridgehead atoms. The van der Waals surface area contributed by atoms with Crippen molar-refractivity contribution in [1.29, 1.82) is 5.26 Å². The molecule has 4 aromatic rings. The predicted molar refractivity (Wildman–Crippen MR) is 131 cm³/mol. The Hall–Kier alpha value is -3.62. The summed E-state index contributed by atoms with van der Waals surface area (Å²) in [4.78, 5) is 4.57. The molecule has 0 aliphatic carbocycles. The van der Waals surface area contributed by atoms with Gasteiger partial charge in [0.05, 0.1) is 25.9 Å². The number of benzene rings is 2. The Labute approximate surface area is 204 Å². The number of para-hydroxylation sites is 1. The molecule has 0 radical (unpaired) electrons. The highest BCUT2D eigenvalue weighted by Gasteiger charge is 2.23. The molecule has 8 nitrogen and oxygen atoms in total. The Bertz CT molecular complexity index is 1330. The van der Waals surface area contributed by atoms with Crippen LogP contribution in [0, 0.1) is 24.1 Å². The second kappa shape index (κ2) is 10.5. The first-order valence-corrected chi connectivity index (χ1v) is 12.1. The van der Waals surface area contributed by atoms with Gasteiger partial charge in [-0.15, -0.1) is 21.5 Å². The molecule has 0 amide bonds. The molecule has 1 N–H and O–H groups in total. The summed E-state index contributed by atoms with van der Waals surface area (Å²) in [6.07, 6.45) is 0.575. The van der Waals surface area contributed by atoms with Crippen LogP contribution in [-0.2, 0) is 6.42 Å². The SMILES string of the molecule is COc1cccc(OC)c1-n1c(NSCCc2ccc(F)cc2C#N)nnc1-c1nc(C)cs1. The zero-order valence-corrected chi connectivity index (χ0v) is 20.3. The van der Waals surface area contributed by atoms with E-state index in [9.17, 15) is 9.65 Å². The summed E-state index contributed by atoms with van der Waals surface area (Å²) in [5.41, 5.74) is 2.65. The van der Waals surface area contributed by atoms with Crippen LogP contribution in [0.15, 0.2) is 41.8 Å². The minimum Gasteiger partial charge on any atom is -0.494 e. The van der Waals surface area contributed by atoms with Crippen LogP contribution >= 0.6 is 23.3 Å². The Kier molecular flexibility index (Phi) is 7.30. The van der Waals surface area contributed by atoms with Crippen molar-refractivity contribution in [1.82, 2.24) is 19.7 Å². The van der Waals surface area contributed by atoms with Gasteiger partial charge in [0.25, 0.3) is 0 Å². The van der Waals surface area contributed by atoms with Gasteiger partial charge in [0.1, 0.15) is 23.0 Å². The molecule has 4 rings (SSSR count). The third-order valence-electron chi connectivity index (χ3n) is 4.93. The summed E-state index contributed by atoms with van der Waals surface area (Å²) in [5.74, 6) is 2.39. The maximum absolute atomic E-state index is 13.4. The smallest absolute Gasteiger partial charge is 0.239 e. The summed E-state index contributed by atoms with van der Waals surface area (Å²) in [6.45, 7) is 1.92. The largest absolute Gasteiger partial charge is 0.494 e. The highest BCUT2D eigenvalue weighted by molar-refractivity contribution is 8.00. The van der Waals surface area contributed by atoms with Crippen LogP contribution in [0.25, 0.3) is 16.5 Å². The number of methoxy groups -OCH3 is 2. The summed E-state index contributed by atoms with van der Waals surface area (Å²) in [6, 6.07) is 11.8. The van der Waals surface area contributed by atoms with Crippen molar-refractivity contribution < 1.29 is 13.9 Å². The van der Waals surface area contributed by atoms with Gasteiger partial charge < -0.3 is 9.47 Å². The molecule has 0 saturated heterocycles. The molecule has 0 aliphatic rings. The highest BCUT2D eigenvalue weighted by Crippen LogP contribution is 2.38. The zero-order valence-electron chi connectivity index (χ0n) is 18.7. The molecular weight excluding hydrogens is 475 g/mol. The van der Waals surface area contributed by atoms with Crippen molar-refractivity contribution in [2.45, 2.75) is 13.3 Å². The van der Waals surface area contributed by atoms with E-state index in [-0.39, 0.29) is 0 Å². The number of thiazole rings is 1. The molecule has 174 valence electrons. The summed E-state index contributed by atoms with van der Waals surface area (Å²) in [5, 5.41) is 20.7. The number of aromatic nitrogens is 4. The lowest BCUT2D eigenvalue weighted by Crippen LogP contribution is -2.07.